The van der Waals surface area contributed by atoms with Gasteiger partial charge in [-0.25, -0.2) is 0 Å². The van der Waals surface area contributed by atoms with Gasteiger partial charge in [0, 0.05) is 35.0 Å². The van der Waals surface area contributed by atoms with Gasteiger partial charge in [0.15, 0.2) is 11.0 Å². The number of halogens is 2. The first kappa shape index (κ1) is 17.3. The Kier molecular flexibility index (Phi) is 4.85. The summed E-state index contributed by atoms with van der Waals surface area (Å²) in [5, 5.41) is 11.8. The highest BCUT2D eigenvalue weighted by atomic mass is 35.5. The predicted molar refractivity (Wildman–Crippen MR) is 108 cm³/mol. The van der Waals surface area contributed by atoms with Crippen LogP contribution in [0, 0.1) is 0 Å². The van der Waals surface area contributed by atoms with Gasteiger partial charge in [0.25, 0.3) is 0 Å². The molecule has 4 rings (SSSR count). The summed E-state index contributed by atoms with van der Waals surface area (Å²) in [6.07, 6.45) is 1.78. The van der Waals surface area contributed by atoms with E-state index >= 15 is 0 Å². The number of rotatable bonds is 4. The maximum Gasteiger partial charge on any atom is 0.191 e. The van der Waals surface area contributed by atoms with Gasteiger partial charge in [-0.05, 0) is 35.9 Å². The Hall–Kier alpha value is -2.08. The first-order chi connectivity index (χ1) is 12.6. The molecule has 2 aromatic heterocycles. The topological polar surface area (TPSA) is 43.6 Å². The van der Waals surface area contributed by atoms with Gasteiger partial charge in [-0.1, -0.05) is 53.2 Å². The Morgan fingerprint density at radius 1 is 0.962 bits per heavy atom. The molecule has 0 atom stereocenters. The van der Waals surface area contributed by atoms with Crippen LogP contribution in [-0.2, 0) is 12.8 Å². The molecule has 7 heteroatoms. The van der Waals surface area contributed by atoms with Crippen LogP contribution >= 0.6 is 35.0 Å². The number of hydrogen-bond acceptors (Lipinski definition) is 4. The third-order valence-electron chi connectivity index (χ3n) is 4.11. The first-order valence-corrected chi connectivity index (χ1v) is 9.68. The van der Waals surface area contributed by atoms with Crippen LogP contribution in [0.25, 0.3) is 22.3 Å². The van der Waals surface area contributed by atoms with E-state index in [-0.39, 0.29) is 0 Å². The number of pyridine rings is 1. The summed E-state index contributed by atoms with van der Waals surface area (Å²) in [6.45, 7) is 0. The average Bonchev–Trinajstić information content (AvgIpc) is 3.02. The van der Waals surface area contributed by atoms with Crippen molar-refractivity contribution in [2.45, 2.75) is 10.9 Å². The largest absolute Gasteiger partial charge is 0.305 e. The van der Waals surface area contributed by atoms with Gasteiger partial charge in [0.05, 0.1) is 10.5 Å². The fourth-order valence-electron chi connectivity index (χ4n) is 2.77. The minimum absolute atomic E-state index is 0.660. The lowest BCUT2D eigenvalue weighted by Crippen LogP contribution is -1.96. The van der Waals surface area contributed by atoms with Crippen LogP contribution < -0.4 is 0 Å². The highest BCUT2D eigenvalue weighted by Gasteiger charge is 2.14. The predicted octanol–water partition coefficient (Wildman–Crippen LogP) is 5.63. The molecule has 0 amide bonds. The molecule has 0 saturated heterocycles. The number of hydrogen-bond donors (Lipinski definition) is 0. The number of fused-ring (bicyclic) bond motifs is 1. The third kappa shape index (κ3) is 3.18. The Bertz CT molecular complexity index is 1090. The molecule has 4 nitrogen and oxygen atoms in total. The van der Waals surface area contributed by atoms with Crippen LogP contribution in [0.15, 0.2) is 59.9 Å². The van der Waals surface area contributed by atoms with Crippen LogP contribution in [0.2, 0.25) is 10.0 Å². The van der Waals surface area contributed by atoms with Crippen LogP contribution in [-0.4, -0.2) is 19.7 Å². The van der Waals surface area contributed by atoms with Crippen molar-refractivity contribution in [1.29, 1.82) is 0 Å². The van der Waals surface area contributed by atoms with Gasteiger partial charge in [-0.3, -0.25) is 4.98 Å². The Labute approximate surface area is 165 Å². The van der Waals surface area contributed by atoms with Crippen molar-refractivity contribution in [3.63, 3.8) is 0 Å². The molecule has 0 aliphatic rings. The molecule has 0 spiro atoms. The van der Waals surface area contributed by atoms with Crippen molar-refractivity contribution < 1.29 is 0 Å². The molecule has 0 aliphatic heterocycles. The van der Waals surface area contributed by atoms with Crippen molar-refractivity contribution in [2.24, 2.45) is 7.05 Å². The van der Waals surface area contributed by atoms with Gasteiger partial charge in [0.1, 0.15) is 0 Å². The second-order valence-electron chi connectivity index (χ2n) is 5.74. The van der Waals surface area contributed by atoms with Crippen LogP contribution in [0.4, 0.5) is 0 Å². The fraction of sp³-hybridized carbons (Fsp3) is 0.105. The summed E-state index contributed by atoms with van der Waals surface area (Å²) in [4.78, 5) is 4.48. The van der Waals surface area contributed by atoms with E-state index in [9.17, 15) is 0 Å². The maximum atomic E-state index is 6.28. The summed E-state index contributed by atoms with van der Waals surface area (Å²) in [6, 6.07) is 15.4. The zero-order chi connectivity index (χ0) is 18.1. The van der Waals surface area contributed by atoms with E-state index in [0.29, 0.717) is 10.0 Å². The van der Waals surface area contributed by atoms with Crippen molar-refractivity contribution in [3.05, 3.63) is 70.3 Å². The molecule has 0 radical (unpaired) electrons. The Morgan fingerprint density at radius 2 is 1.81 bits per heavy atom. The first-order valence-electron chi connectivity index (χ1n) is 7.94. The average molecular weight is 401 g/mol. The maximum absolute atomic E-state index is 6.28. The van der Waals surface area contributed by atoms with E-state index in [1.54, 1.807) is 18.0 Å². The SMILES string of the molecule is Cn1c(SCc2ccc(Cl)c3cccnc23)nnc1-c1ccccc1Cl. The van der Waals surface area contributed by atoms with E-state index < -0.39 is 0 Å². The second kappa shape index (κ2) is 7.27. The van der Waals surface area contributed by atoms with Crippen LogP contribution in [0.1, 0.15) is 5.56 Å². The molecule has 0 N–H and O–H groups in total. The second-order valence-corrected chi connectivity index (χ2v) is 7.50. The zero-order valence-electron chi connectivity index (χ0n) is 13.9. The molecule has 0 saturated carbocycles. The van der Waals surface area contributed by atoms with Gasteiger partial charge >= 0.3 is 0 Å². The lowest BCUT2D eigenvalue weighted by Gasteiger charge is -2.08. The molecule has 26 heavy (non-hydrogen) atoms. The van der Waals surface area contributed by atoms with Crippen LogP contribution in [0.5, 0.6) is 0 Å². The molecule has 2 heterocycles. The van der Waals surface area contributed by atoms with E-state index in [4.69, 9.17) is 23.2 Å². The number of benzene rings is 2. The lowest BCUT2D eigenvalue weighted by atomic mass is 10.1. The van der Waals surface area contributed by atoms with Gasteiger partial charge in [0.2, 0.25) is 0 Å². The van der Waals surface area contributed by atoms with Crippen LogP contribution in [0.3, 0.4) is 0 Å². The Balaban J connectivity index is 1.62. The van der Waals surface area contributed by atoms with Crippen molar-refractivity contribution in [2.75, 3.05) is 0 Å². The van der Waals surface area contributed by atoms with Gasteiger partial charge in [-0.2, -0.15) is 0 Å². The van der Waals surface area contributed by atoms with E-state index in [2.05, 4.69) is 15.2 Å². The smallest absolute Gasteiger partial charge is 0.191 e. The third-order valence-corrected chi connectivity index (χ3v) is 5.83. The van der Waals surface area contributed by atoms with E-state index in [0.717, 1.165) is 38.8 Å². The van der Waals surface area contributed by atoms with Crippen molar-refractivity contribution in [1.82, 2.24) is 19.7 Å². The molecule has 130 valence electrons. The quantitative estimate of drug-likeness (QED) is 0.416. The standard InChI is InChI=1S/C19H14Cl2N4S/c1-25-18(14-5-2-3-7-15(14)20)23-24-19(25)26-11-12-8-9-16(21)13-6-4-10-22-17(12)13/h2-10H,11H2,1H3. The summed E-state index contributed by atoms with van der Waals surface area (Å²) >= 11 is 14.2. The van der Waals surface area contributed by atoms with Gasteiger partial charge < -0.3 is 4.57 Å². The number of aromatic nitrogens is 4. The fourth-order valence-corrected chi connectivity index (χ4v) is 4.10. The summed E-state index contributed by atoms with van der Waals surface area (Å²) < 4.78 is 1.96. The molecule has 2 aromatic carbocycles. The lowest BCUT2D eigenvalue weighted by molar-refractivity contribution is 0.794. The molecule has 4 aromatic rings. The number of nitrogens with zero attached hydrogens (tertiary/aromatic N) is 4. The van der Waals surface area contributed by atoms with E-state index in [1.807, 2.05) is 60.1 Å². The van der Waals surface area contributed by atoms with Crippen molar-refractivity contribution >= 4 is 45.9 Å². The molecular weight excluding hydrogens is 387 g/mol. The number of thioether (sulfide) groups is 1. The minimum atomic E-state index is 0.660. The zero-order valence-corrected chi connectivity index (χ0v) is 16.2. The summed E-state index contributed by atoms with van der Waals surface area (Å²) in [5.41, 5.74) is 2.90. The monoisotopic (exact) mass is 400 g/mol. The Morgan fingerprint density at radius 3 is 2.65 bits per heavy atom. The molecule has 0 bridgehead atoms. The molecular formula is C19H14Cl2N4S. The highest BCUT2D eigenvalue weighted by Crippen LogP contribution is 2.31. The summed E-state index contributed by atoms with van der Waals surface area (Å²) in [7, 11) is 1.94. The molecule has 0 unspecified atom stereocenters. The summed E-state index contributed by atoms with van der Waals surface area (Å²) in [5.74, 6) is 1.47. The molecule has 0 aliphatic carbocycles. The minimum Gasteiger partial charge on any atom is -0.305 e. The highest BCUT2D eigenvalue weighted by molar-refractivity contribution is 7.98. The normalized spacial score (nSPS) is 11.2. The molecule has 0 fully saturated rings. The van der Waals surface area contributed by atoms with Gasteiger partial charge in [-0.15, -0.1) is 10.2 Å². The van der Waals surface area contributed by atoms with E-state index in [1.165, 1.54) is 0 Å². The van der Waals surface area contributed by atoms with Crippen molar-refractivity contribution in [3.8, 4) is 11.4 Å².